The van der Waals surface area contributed by atoms with Crippen LogP contribution in [0.3, 0.4) is 0 Å². The Hall–Kier alpha value is -3.40. The number of ether oxygens (including phenoxy) is 1. The minimum absolute atomic E-state index is 0.0729. The summed E-state index contributed by atoms with van der Waals surface area (Å²) in [5, 5.41) is 2.84. The van der Waals surface area contributed by atoms with Crippen molar-refractivity contribution >= 4 is 33.3 Å². The van der Waals surface area contributed by atoms with Gasteiger partial charge in [0.2, 0.25) is 21.8 Å². The highest BCUT2D eigenvalue weighted by atomic mass is 32.2. The monoisotopic (exact) mass is 517 g/mol. The predicted octanol–water partition coefficient (Wildman–Crippen LogP) is 3.00. The van der Waals surface area contributed by atoms with Gasteiger partial charge in [0.25, 0.3) is 0 Å². The molecule has 196 valence electrons. The third kappa shape index (κ3) is 8.08. The average Bonchev–Trinajstić information content (AvgIpc) is 2.84. The Balaban J connectivity index is 2.40. The van der Waals surface area contributed by atoms with Crippen molar-refractivity contribution in [2.24, 2.45) is 0 Å². The number of methoxy groups -OCH3 is 1. The number of nitrogens with zero attached hydrogens (tertiary/aromatic N) is 2. The van der Waals surface area contributed by atoms with Crippen LogP contribution in [-0.4, -0.2) is 63.4 Å². The van der Waals surface area contributed by atoms with E-state index in [0.29, 0.717) is 17.9 Å². The fourth-order valence-corrected chi connectivity index (χ4v) is 4.42. The zero-order chi connectivity index (χ0) is 26.9. The lowest BCUT2D eigenvalue weighted by atomic mass is 10.1. The topological polar surface area (TPSA) is 113 Å². The van der Waals surface area contributed by atoms with Crippen LogP contribution in [0.25, 0.3) is 0 Å². The SMILES string of the molecule is CCCCNC(=O)[C@@H](C)N(Cc1cccc(OC)c1)C(=O)CN(c1cccc(C(C)=O)c1)S(C)(=O)=O. The smallest absolute Gasteiger partial charge is 0.244 e. The number of carbonyl (C=O) groups is 3. The van der Waals surface area contributed by atoms with Crippen molar-refractivity contribution in [3.05, 3.63) is 59.7 Å². The molecule has 1 atom stereocenters. The Kier molecular flexibility index (Phi) is 10.5. The summed E-state index contributed by atoms with van der Waals surface area (Å²) in [4.78, 5) is 39.6. The number of benzene rings is 2. The molecular weight excluding hydrogens is 482 g/mol. The number of sulfonamides is 1. The van der Waals surface area contributed by atoms with Gasteiger partial charge in [-0.2, -0.15) is 0 Å². The van der Waals surface area contributed by atoms with Crippen molar-refractivity contribution in [3.63, 3.8) is 0 Å². The number of carbonyl (C=O) groups excluding carboxylic acids is 3. The number of hydrogen-bond acceptors (Lipinski definition) is 6. The Labute approximate surface area is 213 Å². The maximum atomic E-state index is 13.6. The van der Waals surface area contributed by atoms with Crippen LogP contribution in [0.2, 0.25) is 0 Å². The molecule has 0 aromatic heterocycles. The third-order valence-electron chi connectivity index (χ3n) is 5.70. The van der Waals surface area contributed by atoms with Crippen LogP contribution < -0.4 is 14.4 Å². The maximum absolute atomic E-state index is 13.6. The number of hydrogen-bond donors (Lipinski definition) is 1. The first-order valence-corrected chi connectivity index (χ1v) is 13.6. The molecule has 2 amide bonds. The van der Waals surface area contributed by atoms with Gasteiger partial charge in [-0.05, 0) is 50.1 Å². The minimum Gasteiger partial charge on any atom is -0.497 e. The Morgan fingerprint density at radius 3 is 2.39 bits per heavy atom. The van der Waals surface area contributed by atoms with Crippen LogP contribution in [0.5, 0.6) is 5.75 Å². The molecule has 0 fully saturated rings. The molecule has 2 aromatic rings. The van der Waals surface area contributed by atoms with E-state index < -0.39 is 28.5 Å². The predicted molar refractivity (Wildman–Crippen MR) is 140 cm³/mol. The van der Waals surface area contributed by atoms with Gasteiger partial charge in [0.05, 0.1) is 19.1 Å². The fraction of sp³-hybridized carbons (Fsp3) is 0.423. The van der Waals surface area contributed by atoms with Crippen molar-refractivity contribution in [1.82, 2.24) is 10.2 Å². The van der Waals surface area contributed by atoms with E-state index in [1.165, 1.54) is 31.1 Å². The Morgan fingerprint density at radius 1 is 1.08 bits per heavy atom. The lowest BCUT2D eigenvalue weighted by Gasteiger charge is -2.31. The van der Waals surface area contributed by atoms with E-state index in [4.69, 9.17) is 4.74 Å². The van der Waals surface area contributed by atoms with Crippen LogP contribution in [0.1, 0.15) is 49.5 Å². The van der Waals surface area contributed by atoms with Gasteiger partial charge in [-0.3, -0.25) is 18.7 Å². The van der Waals surface area contributed by atoms with Gasteiger partial charge in [-0.25, -0.2) is 8.42 Å². The van der Waals surface area contributed by atoms with E-state index in [9.17, 15) is 22.8 Å². The number of unbranched alkanes of at least 4 members (excludes halogenated alkanes) is 1. The highest BCUT2D eigenvalue weighted by Gasteiger charge is 2.30. The highest BCUT2D eigenvalue weighted by molar-refractivity contribution is 7.92. The van der Waals surface area contributed by atoms with Crippen LogP contribution >= 0.6 is 0 Å². The van der Waals surface area contributed by atoms with Crippen molar-refractivity contribution in [2.45, 2.75) is 46.2 Å². The molecule has 2 rings (SSSR count). The lowest BCUT2D eigenvalue weighted by Crippen LogP contribution is -2.51. The molecule has 1 N–H and O–H groups in total. The molecule has 0 bridgehead atoms. The quantitative estimate of drug-likeness (QED) is 0.323. The van der Waals surface area contributed by atoms with Crippen LogP contribution in [-0.2, 0) is 26.2 Å². The number of Topliss-reactive ketones (excluding diaryl/α,β-unsaturated/α-hetero) is 1. The summed E-state index contributed by atoms with van der Waals surface area (Å²) in [7, 11) is -2.35. The first kappa shape index (κ1) is 28.8. The summed E-state index contributed by atoms with van der Waals surface area (Å²) in [6.07, 6.45) is 2.70. The van der Waals surface area contributed by atoms with E-state index in [1.54, 1.807) is 43.3 Å². The Morgan fingerprint density at radius 2 is 1.78 bits per heavy atom. The first-order chi connectivity index (χ1) is 17.0. The van der Waals surface area contributed by atoms with E-state index in [0.717, 1.165) is 29.0 Å². The van der Waals surface area contributed by atoms with Crippen LogP contribution in [0, 0.1) is 0 Å². The number of ketones is 1. The molecular formula is C26H35N3O6S. The standard InChI is InChI=1S/C26H35N3O6S/c1-6-7-14-27-26(32)19(2)28(17-21-10-8-13-24(15-21)35-4)25(31)18-29(36(5,33)34)23-12-9-11-22(16-23)20(3)30/h8-13,15-16,19H,6-7,14,17-18H2,1-5H3,(H,27,32)/t19-/m1/s1. The van der Waals surface area contributed by atoms with Gasteiger partial charge < -0.3 is 15.0 Å². The summed E-state index contributed by atoms with van der Waals surface area (Å²) < 4.78 is 31.5. The average molecular weight is 518 g/mol. The van der Waals surface area contributed by atoms with Crippen molar-refractivity contribution in [2.75, 3.05) is 30.8 Å². The zero-order valence-corrected chi connectivity index (χ0v) is 22.3. The molecule has 0 heterocycles. The number of rotatable bonds is 13. The molecule has 0 aliphatic heterocycles. The van der Waals surface area contributed by atoms with Gasteiger partial charge in [0.15, 0.2) is 5.78 Å². The summed E-state index contributed by atoms with van der Waals surface area (Å²) >= 11 is 0. The summed E-state index contributed by atoms with van der Waals surface area (Å²) in [6, 6.07) is 12.3. The van der Waals surface area contributed by atoms with Gasteiger partial charge >= 0.3 is 0 Å². The third-order valence-corrected chi connectivity index (χ3v) is 6.84. The second-order valence-corrected chi connectivity index (χ2v) is 10.5. The second-order valence-electron chi connectivity index (χ2n) is 8.57. The largest absolute Gasteiger partial charge is 0.497 e. The Bertz CT molecular complexity index is 1180. The first-order valence-electron chi connectivity index (χ1n) is 11.8. The number of anilines is 1. The second kappa shape index (κ2) is 13.1. The molecule has 0 radical (unpaired) electrons. The van der Waals surface area contributed by atoms with Gasteiger partial charge in [0, 0.05) is 18.7 Å². The van der Waals surface area contributed by atoms with Crippen molar-refractivity contribution in [1.29, 1.82) is 0 Å². The van der Waals surface area contributed by atoms with E-state index in [2.05, 4.69) is 5.32 Å². The molecule has 0 aliphatic carbocycles. The van der Waals surface area contributed by atoms with E-state index in [-0.39, 0.29) is 23.9 Å². The van der Waals surface area contributed by atoms with Crippen LogP contribution in [0.4, 0.5) is 5.69 Å². The van der Waals surface area contributed by atoms with Gasteiger partial charge in [-0.15, -0.1) is 0 Å². The molecule has 10 heteroatoms. The molecule has 36 heavy (non-hydrogen) atoms. The highest BCUT2D eigenvalue weighted by Crippen LogP contribution is 2.21. The van der Waals surface area contributed by atoms with Crippen molar-refractivity contribution in [3.8, 4) is 5.75 Å². The molecule has 0 saturated heterocycles. The van der Waals surface area contributed by atoms with Gasteiger partial charge in [-0.1, -0.05) is 37.6 Å². The zero-order valence-electron chi connectivity index (χ0n) is 21.5. The van der Waals surface area contributed by atoms with E-state index >= 15 is 0 Å². The number of nitrogens with one attached hydrogen (secondary N) is 1. The summed E-state index contributed by atoms with van der Waals surface area (Å²) in [5.74, 6) is -0.522. The van der Waals surface area contributed by atoms with Crippen molar-refractivity contribution < 1.29 is 27.5 Å². The van der Waals surface area contributed by atoms with Gasteiger partial charge in [0.1, 0.15) is 18.3 Å². The lowest BCUT2D eigenvalue weighted by molar-refractivity contribution is -0.139. The minimum atomic E-state index is -3.88. The fourth-order valence-electron chi connectivity index (χ4n) is 3.58. The molecule has 9 nitrogen and oxygen atoms in total. The molecule has 0 unspecified atom stereocenters. The van der Waals surface area contributed by atoms with Crippen LogP contribution in [0.15, 0.2) is 48.5 Å². The number of amides is 2. The van der Waals surface area contributed by atoms with E-state index in [1.807, 2.05) is 6.92 Å². The maximum Gasteiger partial charge on any atom is 0.244 e. The normalized spacial score (nSPS) is 11.9. The summed E-state index contributed by atoms with van der Waals surface area (Å²) in [5.41, 5.74) is 1.24. The molecule has 0 saturated carbocycles. The molecule has 0 spiro atoms. The molecule has 0 aliphatic rings. The summed E-state index contributed by atoms with van der Waals surface area (Å²) in [6.45, 7) is 5.02. The molecule has 2 aromatic carbocycles.